The van der Waals surface area contributed by atoms with E-state index in [1.165, 1.54) is 25.7 Å². The number of carbonyl (C=O) groups is 1. The summed E-state index contributed by atoms with van der Waals surface area (Å²) in [5.41, 5.74) is 2.33. The van der Waals surface area contributed by atoms with Crippen molar-refractivity contribution in [2.75, 3.05) is 13.1 Å². The quantitative estimate of drug-likeness (QED) is 0.775. The number of likely N-dealkylation sites (tertiary alicyclic amines) is 1. The van der Waals surface area contributed by atoms with Gasteiger partial charge >= 0.3 is 0 Å². The number of fused-ring (bicyclic) bond motifs is 1. The van der Waals surface area contributed by atoms with Gasteiger partial charge in [-0.2, -0.15) is 5.10 Å². The summed E-state index contributed by atoms with van der Waals surface area (Å²) in [6.07, 6.45) is 13.2. The number of aryl methyl sites for hydroxylation is 1. The number of carbonyl (C=O) groups excluding carboxylic acids is 1. The van der Waals surface area contributed by atoms with Crippen molar-refractivity contribution in [3.8, 4) is 0 Å². The lowest BCUT2D eigenvalue weighted by Crippen LogP contribution is -2.43. The number of H-pyrrole nitrogens is 1. The minimum atomic E-state index is -0.189. The highest BCUT2D eigenvalue weighted by atomic mass is 16.2. The molecule has 3 aliphatic rings. The van der Waals surface area contributed by atoms with Gasteiger partial charge in [-0.3, -0.25) is 19.2 Å². The van der Waals surface area contributed by atoms with Crippen LogP contribution in [0.2, 0.25) is 0 Å². The number of rotatable bonds is 5. The zero-order chi connectivity index (χ0) is 22.1. The summed E-state index contributed by atoms with van der Waals surface area (Å²) in [7, 11) is 0. The predicted molar refractivity (Wildman–Crippen MR) is 121 cm³/mol. The van der Waals surface area contributed by atoms with Crippen LogP contribution in [0.4, 0.5) is 0 Å². The third kappa shape index (κ3) is 4.12. The first-order valence-electron chi connectivity index (χ1n) is 12.3. The van der Waals surface area contributed by atoms with Crippen LogP contribution in [0.15, 0.2) is 17.2 Å². The highest BCUT2D eigenvalue weighted by Crippen LogP contribution is 2.32. The smallest absolute Gasteiger partial charge is 0.257 e. The molecule has 0 bridgehead atoms. The maximum Gasteiger partial charge on any atom is 0.257 e. The number of hydrogen-bond acceptors (Lipinski definition) is 5. The Balaban J connectivity index is 1.41. The molecule has 1 saturated carbocycles. The van der Waals surface area contributed by atoms with Crippen LogP contribution in [0, 0.1) is 0 Å². The van der Waals surface area contributed by atoms with Crippen LogP contribution < -0.4 is 5.56 Å². The van der Waals surface area contributed by atoms with Crippen molar-refractivity contribution in [1.82, 2.24) is 29.5 Å². The lowest BCUT2D eigenvalue weighted by atomic mass is 9.99. The standard InChI is InChI=1S/C24H34N6O2/c1-2-11-29-15-17(14-25-29)24(32)30-12-6-5-9-21(30)22-26-20-16-28(18-7-3-4-8-18)13-10-19(20)23(31)27-22/h14-15,18,21H,2-13,16H2,1H3,(H,26,27,31)/t21-/m1/s1. The lowest BCUT2D eigenvalue weighted by Gasteiger charge is -2.36. The van der Waals surface area contributed by atoms with E-state index >= 15 is 0 Å². The second-order valence-corrected chi connectivity index (χ2v) is 9.54. The Bertz CT molecular complexity index is 1020. The molecular weight excluding hydrogens is 404 g/mol. The molecule has 2 fully saturated rings. The number of hydrogen-bond donors (Lipinski definition) is 1. The molecule has 172 valence electrons. The maximum atomic E-state index is 13.3. The predicted octanol–water partition coefficient (Wildman–Crippen LogP) is 3.04. The van der Waals surface area contributed by atoms with E-state index in [-0.39, 0.29) is 17.5 Å². The van der Waals surface area contributed by atoms with E-state index in [9.17, 15) is 9.59 Å². The highest BCUT2D eigenvalue weighted by molar-refractivity contribution is 5.94. The summed E-state index contributed by atoms with van der Waals surface area (Å²) >= 11 is 0. The van der Waals surface area contributed by atoms with Crippen molar-refractivity contribution < 1.29 is 4.79 Å². The summed E-state index contributed by atoms with van der Waals surface area (Å²) in [6.45, 7) is 5.26. The van der Waals surface area contributed by atoms with E-state index in [2.05, 4.69) is 21.9 Å². The molecule has 1 aliphatic carbocycles. The van der Waals surface area contributed by atoms with Gasteiger partial charge < -0.3 is 9.88 Å². The van der Waals surface area contributed by atoms with E-state index in [0.717, 1.165) is 63.0 Å². The minimum Gasteiger partial charge on any atom is -0.328 e. The van der Waals surface area contributed by atoms with Gasteiger partial charge in [0.2, 0.25) is 0 Å². The molecule has 2 aliphatic heterocycles. The van der Waals surface area contributed by atoms with E-state index < -0.39 is 0 Å². The molecule has 0 radical (unpaired) electrons. The van der Waals surface area contributed by atoms with Crippen LogP contribution in [-0.4, -0.2) is 54.6 Å². The van der Waals surface area contributed by atoms with Gasteiger partial charge in [-0.25, -0.2) is 4.98 Å². The van der Waals surface area contributed by atoms with Gasteiger partial charge in [0.25, 0.3) is 11.5 Å². The number of nitrogens with zero attached hydrogens (tertiary/aromatic N) is 5. The molecule has 8 heteroatoms. The van der Waals surface area contributed by atoms with Crippen molar-refractivity contribution in [3.63, 3.8) is 0 Å². The summed E-state index contributed by atoms with van der Waals surface area (Å²) in [6, 6.07) is 0.436. The van der Waals surface area contributed by atoms with Gasteiger partial charge in [0.15, 0.2) is 0 Å². The van der Waals surface area contributed by atoms with Crippen LogP contribution in [-0.2, 0) is 19.5 Å². The zero-order valence-corrected chi connectivity index (χ0v) is 19.1. The van der Waals surface area contributed by atoms with Crippen molar-refractivity contribution in [2.24, 2.45) is 0 Å². The van der Waals surface area contributed by atoms with Crippen molar-refractivity contribution >= 4 is 5.91 Å². The molecule has 0 unspecified atom stereocenters. The molecule has 2 aromatic rings. The van der Waals surface area contributed by atoms with Crippen LogP contribution >= 0.6 is 0 Å². The molecule has 1 saturated heterocycles. The van der Waals surface area contributed by atoms with E-state index in [0.29, 0.717) is 24.0 Å². The van der Waals surface area contributed by atoms with Crippen LogP contribution in [0.25, 0.3) is 0 Å². The average molecular weight is 439 g/mol. The van der Waals surface area contributed by atoms with Crippen molar-refractivity contribution in [1.29, 1.82) is 0 Å². The first-order valence-corrected chi connectivity index (χ1v) is 12.3. The third-order valence-corrected chi connectivity index (χ3v) is 7.37. The molecule has 2 aromatic heterocycles. The van der Waals surface area contributed by atoms with E-state index in [4.69, 9.17) is 4.98 Å². The fourth-order valence-electron chi connectivity index (χ4n) is 5.67. The molecule has 1 amide bonds. The van der Waals surface area contributed by atoms with Crippen LogP contribution in [0.3, 0.4) is 0 Å². The van der Waals surface area contributed by atoms with Gasteiger partial charge in [-0.05, 0) is 44.9 Å². The Morgan fingerprint density at radius 3 is 2.78 bits per heavy atom. The monoisotopic (exact) mass is 438 g/mol. The van der Waals surface area contributed by atoms with Gasteiger partial charge in [-0.15, -0.1) is 0 Å². The Kier molecular flexibility index (Phi) is 6.13. The highest BCUT2D eigenvalue weighted by Gasteiger charge is 2.33. The van der Waals surface area contributed by atoms with Gasteiger partial charge in [0.1, 0.15) is 5.82 Å². The number of nitrogens with one attached hydrogen (secondary N) is 1. The third-order valence-electron chi connectivity index (χ3n) is 7.37. The Morgan fingerprint density at radius 1 is 1.16 bits per heavy atom. The second-order valence-electron chi connectivity index (χ2n) is 9.54. The molecule has 8 nitrogen and oxygen atoms in total. The second kappa shape index (κ2) is 9.17. The van der Waals surface area contributed by atoms with Crippen LogP contribution in [0.5, 0.6) is 0 Å². The first-order chi connectivity index (χ1) is 15.6. The maximum absolute atomic E-state index is 13.3. The largest absolute Gasteiger partial charge is 0.328 e. The Labute approximate surface area is 189 Å². The van der Waals surface area contributed by atoms with E-state index in [1.807, 2.05) is 15.8 Å². The van der Waals surface area contributed by atoms with Gasteiger partial charge in [0.05, 0.1) is 23.5 Å². The lowest BCUT2D eigenvalue weighted by molar-refractivity contribution is 0.0598. The number of aromatic nitrogens is 4. The Morgan fingerprint density at radius 2 is 1.97 bits per heavy atom. The summed E-state index contributed by atoms with van der Waals surface area (Å²) in [5.74, 6) is 0.626. The number of amides is 1. The molecule has 0 spiro atoms. The van der Waals surface area contributed by atoms with Crippen molar-refractivity contribution in [2.45, 2.75) is 89.9 Å². The number of piperidine rings is 1. The molecule has 1 atom stereocenters. The zero-order valence-electron chi connectivity index (χ0n) is 19.1. The SMILES string of the molecule is CCCn1cc(C(=O)N2CCCC[C@@H]2c2nc3c(c(=O)[nH]2)CCN(C2CCCC2)C3)cn1. The molecular formula is C24H34N6O2. The summed E-state index contributed by atoms with van der Waals surface area (Å²) < 4.78 is 1.82. The van der Waals surface area contributed by atoms with Gasteiger partial charge in [0, 0.05) is 44.0 Å². The normalized spacial score (nSPS) is 22.3. The van der Waals surface area contributed by atoms with E-state index in [1.54, 1.807) is 6.20 Å². The fourth-order valence-corrected chi connectivity index (χ4v) is 5.67. The fraction of sp³-hybridized carbons (Fsp3) is 0.667. The Hall–Kier alpha value is -2.48. The molecule has 4 heterocycles. The molecule has 1 N–H and O–H groups in total. The van der Waals surface area contributed by atoms with Crippen molar-refractivity contribution in [3.05, 3.63) is 45.4 Å². The molecule has 0 aromatic carbocycles. The van der Waals surface area contributed by atoms with Crippen LogP contribution in [0.1, 0.15) is 91.8 Å². The molecule has 32 heavy (non-hydrogen) atoms. The topological polar surface area (TPSA) is 87.1 Å². The average Bonchev–Trinajstić information content (AvgIpc) is 3.51. The minimum absolute atomic E-state index is 0.0231. The first kappa shape index (κ1) is 21.4. The number of aromatic amines is 1. The summed E-state index contributed by atoms with van der Waals surface area (Å²) in [5, 5.41) is 4.33. The van der Waals surface area contributed by atoms with Gasteiger partial charge in [-0.1, -0.05) is 19.8 Å². The summed E-state index contributed by atoms with van der Waals surface area (Å²) in [4.78, 5) is 38.7. The molecule has 5 rings (SSSR count).